The van der Waals surface area contributed by atoms with E-state index >= 15 is 0 Å². The summed E-state index contributed by atoms with van der Waals surface area (Å²) in [5.74, 6) is -1.64. The lowest BCUT2D eigenvalue weighted by atomic mass is 10.0. The Morgan fingerprint density at radius 2 is 2.42 bits per heavy atom. The zero-order chi connectivity index (χ0) is 9.56. The molecule has 0 aromatic carbocycles. The second kappa shape index (κ2) is 5.15. The molecule has 0 aromatic rings. The van der Waals surface area contributed by atoms with Crippen molar-refractivity contribution in [2.45, 2.75) is 19.4 Å². The van der Waals surface area contributed by atoms with Crippen LogP contribution < -0.4 is 0 Å². The van der Waals surface area contributed by atoms with E-state index in [9.17, 15) is 9.59 Å². The number of aldehydes is 1. The first-order valence-corrected chi connectivity index (χ1v) is 3.33. The van der Waals surface area contributed by atoms with Crippen LogP contribution in [0.3, 0.4) is 0 Å². The monoisotopic (exact) mass is 171 g/mol. The SMILES string of the molecule is CC(C=O)C(CC(=O)O)N=[N+]=[N-]. The molecule has 0 heterocycles. The van der Waals surface area contributed by atoms with Gasteiger partial charge < -0.3 is 9.90 Å². The van der Waals surface area contributed by atoms with Crippen molar-refractivity contribution in [2.24, 2.45) is 11.0 Å². The highest BCUT2D eigenvalue weighted by molar-refractivity contribution is 5.68. The summed E-state index contributed by atoms with van der Waals surface area (Å²) in [6, 6.07) is -0.787. The van der Waals surface area contributed by atoms with Gasteiger partial charge in [-0.2, -0.15) is 0 Å². The summed E-state index contributed by atoms with van der Waals surface area (Å²) in [7, 11) is 0. The fourth-order valence-corrected chi connectivity index (χ4v) is 0.668. The molecule has 0 aliphatic heterocycles. The summed E-state index contributed by atoms with van der Waals surface area (Å²) in [4.78, 5) is 22.9. The van der Waals surface area contributed by atoms with Crippen molar-refractivity contribution < 1.29 is 14.7 Å². The van der Waals surface area contributed by atoms with E-state index in [0.29, 0.717) is 6.29 Å². The minimum Gasteiger partial charge on any atom is -0.481 e. The zero-order valence-corrected chi connectivity index (χ0v) is 6.54. The number of carboxylic acid groups (broad SMARTS) is 1. The Morgan fingerprint density at radius 1 is 1.83 bits per heavy atom. The summed E-state index contributed by atoms with van der Waals surface area (Å²) in [5.41, 5.74) is 8.04. The predicted octanol–water partition coefficient (Wildman–Crippen LogP) is 0.975. The smallest absolute Gasteiger partial charge is 0.303 e. The molecule has 0 saturated carbocycles. The van der Waals surface area contributed by atoms with Gasteiger partial charge in [-0.1, -0.05) is 12.0 Å². The average Bonchev–Trinajstić information content (AvgIpc) is 2.01. The Kier molecular flexibility index (Phi) is 4.48. The standard InChI is InChI=1S/C6H9N3O3/c1-4(3-10)5(8-9-7)2-6(11)12/h3-5H,2H2,1H3,(H,11,12). The molecule has 66 valence electrons. The second-order valence-corrected chi connectivity index (χ2v) is 2.37. The molecule has 6 nitrogen and oxygen atoms in total. The van der Waals surface area contributed by atoms with Crippen molar-refractivity contribution in [1.29, 1.82) is 0 Å². The van der Waals surface area contributed by atoms with Crippen molar-refractivity contribution in [3.63, 3.8) is 0 Å². The normalized spacial score (nSPS) is 14.1. The number of azide groups is 1. The lowest BCUT2D eigenvalue weighted by Gasteiger charge is -2.09. The first-order chi connectivity index (χ1) is 5.61. The van der Waals surface area contributed by atoms with Crippen LogP contribution >= 0.6 is 0 Å². The maximum Gasteiger partial charge on any atom is 0.303 e. The molecular formula is C6H9N3O3. The minimum atomic E-state index is -1.08. The molecule has 1 N–H and O–H groups in total. The topological polar surface area (TPSA) is 103 Å². The van der Waals surface area contributed by atoms with Gasteiger partial charge in [-0.15, -0.1) is 0 Å². The molecule has 0 amide bonds. The van der Waals surface area contributed by atoms with Crippen LogP contribution in [0.4, 0.5) is 0 Å². The maximum absolute atomic E-state index is 10.2. The number of aliphatic carboxylic acids is 1. The third kappa shape index (κ3) is 3.58. The third-order valence-corrected chi connectivity index (χ3v) is 1.41. The Morgan fingerprint density at radius 3 is 2.75 bits per heavy atom. The van der Waals surface area contributed by atoms with Crippen LogP contribution in [0.2, 0.25) is 0 Å². The van der Waals surface area contributed by atoms with Crippen molar-refractivity contribution in [3.05, 3.63) is 10.4 Å². The van der Waals surface area contributed by atoms with E-state index in [1.54, 1.807) is 0 Å². The molecular weight excluding hydrogens is 162 g/mol. The Hall–Kier alpha value is -1.55. The van der Waals surface area contributed by atoms with E-state index in [0.717, 1.165) is 0 Å². The van der Waals surface area contributed by atoms with E-state index in [2.05, 4.69) is 10.0 Å². The highest BCUT2D eigenvalue weighted by atomic mass is 16.4. The van der Waals surface area contributed by atoms with Crippen molar-refractivity contribution in [3.8, 4) is 0 Å². The van der Waals surface area contributed by atoms with Crippen LogP contribution in [0.1, 0.15) is 13.3 Å². The zero-order valence-electron chi connectivity index (χ0n) is 6.54. The van der Waals surface area contributed by atoms with E-state index in [-0.39, 0.29) is 6.42 Å². The highest BCUT2D eigenvalue weighted by Gasteiger charge is 2.17. The summed E-state index contributed by atoms with van der Waals surface area (Å²) in [5, 5.41) is 11.6. The molecule has 0 fully saturated rings. The molecule has 0 spiro atoms. The molecule has 2 unspecified atom stereocenters. The highest BCUT2D eigenvalue weighted by Crippen LogP contribution is 2.09. The van der Waals surface area contributed by atoms with E-state index in [1.807, 2.05) is 0 Å². The molecule has 0 aliphatic carbocycles. The predicted molar refractivity (Wildman–Crippen MR) is 40.4 cm³/mol. The van der Waals surface area contributed by atoms with Crippen LogP contribution in [0.5, 0.6) is 0 Å². The first-order valence-electron chi connectivity index (χ1n) is 3.33. The Bertz CT molecular complexity index is 222. The van der Waals surface area contributed by atoms with Crippen LogP contribution in [-0.4, -0.2) is 23.4 Å². The number of rotatable bonds is 5. The average molecular weight is 171 g/mol. The van der Waals surface area contributed by atoms with Gasteiger partial charge in [0, 0.05) is 10.8 Å². The summed E-state index contributed by atoms with van der Waals surface area (Å²) in [6.45, 7) is 1.51. The molecule has 0 aromatic heterocycles. The largest absolute Gasteiger partial charge is 0.481 e. The summed E-state index contributed by atoms with van der Waals surface area (Å²) < 4.78 is 0. The van der Waals surface area contributed by atoms with Crippen LogP contribution in [0.15, 0.2) is 5.11 Å². The molecule has 6 heteroatoms. The van der Waals surface area contributed by atoms with Gasteiger partial charge >= 0.3 is 5.97 Å². The van der Waals surface area contributed by atoms with E-state index in [4.69, 9.17) is 10.6 Å². The fraction of sp³-hybridized carbons (Fsp3) is 0.667. The number of nitrogens with zero attached hydrogens (tertiary/aromatic N) is 3. The van der Waals surface area contributed by atoms with Crippen LogP contribution in [0, 0.1) is 5.92 Å². The fourth-order valence-electron chi connectivity index (χ4n) is 0.668. The van der Waals surface area contributed by atoms with Gasteiger partial charge in [-0.05, 0) is 5.53 Å². The van der Waals surface area contributed by atoms with Crippen molar-refractivity contribution >= 4 is 12.3 Å². The molecule has 0 rings (SSSR count). The molecule has 0 saturated heterocycles. The molecule has 0 aliphatic rings. The summed E-state index contributed by atoms with van der Waals surface area (Å²) in [6.07, 6.45) is 0.256. The van der Waals surface area contributed by atoms with Gasteiger partial charge in [0.05, 0.1) is 12.5 Å². The van der Waals surface area contributed by atoms with Crippen molar-refractivity contribution in [1.82, 2.24) is 0 Å². The number of hydrogen-bond acceptors (Lipinski definition) is 3. The number of carboxylic acids is 1. The number of carbonyl (C=O) groups is 2. The van der Waals surface area contributed by atoms with Gasteiger partial charge in [0.15, 0.2) is 0 Å². The second-order valence-electron chi connectivity index (χ2n) is 2.37. The van der Waals surface area contributed by atoms with E-state index < -0.39 is 17.9 Å². The van der Waals surface area contributed by atoms with Crippen LogP contribution in [-0.2, 0) is 9.59 Å². The Balaban J connectivity index is 4.31. The van der Waals surface area contributed by atoms with E-state index in [1.165, 1.54) is 6.92 Å². The van der Waals surface area contributed by atoms with Gasteiger partial charge in [0.25, 0.3) is 0 Å². The quantitative estimate of drug-likeness (QED) is 0.288. The van der Waals surface area contributed by atoms with Gasteiger partial charge in [0.1, 0.15) is 6.29 Å². The van der Waals surface area contributed by atoms with Gasteiger partial charge in [-0.25, -0.2) is 0 Å². The molecule has 12 heavy (non-hydrogen) atoms. The molecule has 0 radical (unpaired) electrons. The molecule has 0 bridgehead atoms. The summed E-state index contributed by atoms with van der Waals surface area (Å²) >= 11 is 0. The number of carbonyl (C=O) groups excluding carboxylic acids is 1. The maximum atomic E-state index is 10.2. The Labute approximate surface area is 68.8 Å². The van der Waals surface area contributed by atoms with Crippen molar-refractivity contribution in [2.75, 3.05) is 0 Å². The molecule has 2 atom stereocenters. The van der Waals surface area contributed by atoms with Gasteiger partial charge in [-0.3, -0.25) is 4.79 Å². The van der Waals surface area contributed by atoms with Gasteiger partial charge in [0.2, 0.25) is 0 Å². The van der Waals surface area contributed by atoms with Crippen LogP contribution in [0.25, 0.3) is 10.4 Å². The lowest BCUT2D eigenvalue weighted by Crippen LogP contribution is -2.20. The first kappa shape index (κ1) is 10.4. The minimum absolute atomic E-state index is 0.316. The third-order valence-electron chi connectivity index (χ3n) is 1.41. The number of hydrogen-bond donors (Lipinski definition) is 1. The lowest BCUT2D eigenvalue weighted by molar-refractivity contribution is -0.137.